The molecule has 0 saturated heterocycles. The zero-order chi connectivity index (χ0) is 21.5. The lowest BCUT2D eigenvalue weighted by molar-refractivity contribution is 0.145. The number of rotatable bonds is 3. The topological polar surface area (TPSA) is 68.5 Å². The van der Waals surface area contributed by atoms with Crippen LogP contribution in [0.15, 0.2) is 54.7 Å². The van der Waals surface area contributed by atoms with Crippen molar-refractivity contribution < 1.29 is 10.9 Å². The van der Waals surface area contributed by atoms with E-state index in [1.807, 2.05) is 32.0 Å². The van der Waals surface area contributed by atoms with E-state index in [4.69, 9.17) is 15.2 Å². The second kappa shape index (κ2) is 14.9. The average Bonchev–Trinajstić information content (AvgIpc) is 2.71. The molecule has 164 valence electrons. The van der Waals surface area contributed by atoms with Gasteiger partial charge in [-0.15, -0.1) is 0 Å². The third kappa shape index (κ3) is 10.3. The first-order valence-electron chi connectivity index (χ1n) is 10.7. The van der Waals surface area contributed by atoms with Gasteiger partial charge in [0.15, 0.2) is 0 Å². The van der Waals surface area contributed by atoms with Crippen LogP contribution in [0.3, 0.4) is 0 Å². The van der Waals surface area contributed by atoms with E-state index in [2.05, 4.69) is 55.4 Å². The summed E-state index contributed by atoms with van der Waals surface area (Å²) in [5.41, 5.74) is 9.24. The summed E-state index contributed by atoms with van der Waals surface area (Å²) in [4.78, 5) is 0. The molecule has 2 rings (SSSR count). The number of hydrogen-bond donors (Lipinski definition) is 3. The van der Waals surface area contributed by atoms with Gasteiger partial charge in [0.25, 0.3) is 0 Å². The summed E-state index contributed by atoms with van der Waals surface area (Å²) in [6, 6.07) is 6.12. The van der Waals surface area contributed by atoms with E-state index < -0.39 is 0 Å². The molecular weight excluding hydrogens is 362 g/mol. The van der Waals surface area contributed by atoms with Gasteiger partial charge in [0.1, 0.15) is 12.0 Å². The molecule has 1 aromatic carbocycles. The van der Waals surface area contributed by atoms with Crippen molar-refractivity contribution in [2.24, 2.45) is 5.73 Å². The van der Waals surface area contributed by atoms with Gasteiger partial charge in [-0.05, 0) is 44.4 Å². The van der Waals surface area contributed by atoms with Crippen LogP contribution in [0.25, 0.3) is 0 Å². The zero-order valence-electron chi connectivity index (χ0n) is 18.5. The van der Waals surface area contributed by atoms with Gasteiger partial charge in [0, 0.05) is 18.7 Å². The van der Waals surface area contributed by atoms with E-state index in [1.54, 1.807) is 0 Å². The van der Waals surface area contributed by atoms with Crippen molar-refractivity contribution in [1.29, 1.82) is 0 Å². The Bertz CT molecular complexity index is 662. The maximum absolute atomic E-state index is 6.20. The van der Waals surface area contributed by atoms with Crippen molar-refractivity contribution in [3.63, 3.8) is 0 Å². The Hall–Kier alpha value is -2.08. The van der Waals surface area contributed by atoms with Crippen LogP contribution in [0.1, 0.15) is 53.9 Å². The Morgan fingerprint density at radius 3 is 2.86 bits per heavy atom. The van der Waals surface area contributed by atoms with Crippen LogP contribution in [0.2, 0.25) is 0 Å². The van der Waals surface area contributed by atoms with Crippen molar-refractivity contribution in [2.45, 2.75) is 65.9 Å². The lowest BCUT2D eigenvalue weighted by atomic mass is 10.1. The van der Waals surface area contributed by atoms with Gasteiger partial charge in [0.2, 0.25) is 0 Å². The second-order valence-corrected chi connectivity index (χ2v) is 6.79. The summed E-state index contributed by atoms with van der Waals surface area (Å²) in [6.45, 7) is 14.0. The van der Waals surface area contributed by atoms with E-state index in [9.17, 15) is 0 Å². The highest BCUT2D eigenvalue weighted by molar-refractivity contribution is 5.51. The molecule has 0 aliphatic carbocycles. The summed E-state index contributed by atoms with van der Waals surface area (Å²) in [5.74, 6) is 0.860. The van der Waals surface area contributed by atoms with Crippen molar-refractivity contribution in [1.82, 2.24) is 5.32 Å². The lowest BCUT2D eigenvalue weighted by Gasteiger charge is -2.21. The van der Waals surface area contributed by atoms with Crippen LogP contribution in [-0.2, 0) is 11.3 Å². The summed E-state index contributed by atoms with van der Waals surface area (Å²) < 4.78 is 11.7. The molecule has 1 aliphatic heterocycles. The molecule has 4 N–H and O–H groups in total. The van der Waals surface area contributed by atoms with Crippen LogP contribution in [-0.4, -0.2) is 25.5 Å². The Kier molecular flexibility index (Phi) is 12.8. The van der Waals surface area contributed by atoms with E-state index >= 15 is 0 Å². The van der Waals surface area contributed by atoms with Crippen molar-refractivity contribution in [3.05, 3.63) is 60.2 Å². The number of nitrogens with one attached hydrogen (secondary N) is 2. The highest BCUT2D eigenvalue weighted by Crippen LogP contribution is 2.24. The molecular formula is C24H41N3O2. The first-order chi connectivity index (χ1) is 14.1. The Morgan fingerprint density at radius 1 is 1.31 bits per heavy atom. The van der Waals surface area contributed by atoms with Gasteiger partial charge in [0.05, 0.1) is 19.8 Å². The molecule has 0 spiro atoms. The van der Waals surface area contributed by atoms with Gasteiger partial charge < -0.3 is 14.8 Å². The van der Waals surface area contributed by atoms with Gasteiger partial charge in [-0.3, -0.25) is 11.1 Å². The molecule has 0 radical (unpaired) electrons. The van der Waals surface area contributed by atoms with Crippen LogP contribution >= 0.6 is 0 Å². The molecule has 5 nitrogen and oxygen atoms in total. The van der Waals surface area contributed by atoms with E-state index in [-0.39, 0.29) is 13.8 Å². The van der Waals surface area contributed by atoms with E-state index in [0.717, 1.165) is 41.8 Å². The molecule has 0 saturated carbocycles. The summed E-state index contributed by atoms with van der Waals surface area (Å²) >= 11 is 0. The highest BCUT2D eigenvalue weighted by Gasteiger charge is 2.09. The van der Waals surface area contributed by atoms with E-state index in [1.165, 1.54) is 0 Å². The minimum absolute atomic E-state index is 0. The minimum Gasteiger partial charge on any atom is -0.493 e. The number of anilines is 1. The normalized spacial score (nSPS) is 23.0. The summed E-state index contributed by atoms with van der Waals surface area (Å²) in [6.07, 6.45) is 10.8. The first-order valence-corrected chi connectivity index (χ1v) is 10.7. The summed E-state index contributed by atoms with van der Waals surface area (Å²) in [5, 5.41) is 6.60. The number of allylic oxidation sites excluding steroid dienone is 3. The standard InChI is InChI=1S/C22H33N3O2.C2H6.H2/c1-4-13-27-21-12-11-20-15-19(21)16-26-14-7-5-6-8-17(2)9-10-18(3)24-22(23)25-20;1-2;/h5,7,9-12,15,18,22,24-25H,2,4,6,8,13-14,16,23H2,1,3H3;1-2H3;1H/b7-5+,10-9+;;. The van der Waals surface area contributed by atoms with Crippen LogP contribution in [0, 0.1) is 0 Å². The SMILES string of the molecule is C=C1/C=C/C(C)NC(N)Nc2ccc(OCCC)c(c2)COC/C=C/CC1.CC.[HH]. The van der Waals surface area contributed by atoms with Crippen molar-refractivity contribution in [2.75, 3.05) is 18.5 Å². The zero-order valence-corrected chi connectivity index (χ0v) is 18.5. The molecule has 2 atom stereocenters. The molecule has 5 heteroatoms. The fourth-order valence-corrected chi connectivity index (χ4v) is 2.75. The average molecular weight is 404 g/mol. The fraction of sp³-hybridized carbons (Fsp3) is 0.500. The minimum atomic E-state index is -0.369. The van der Waals surface area contributed by atoms with Gasteiger partial charge in [-0.25, -0.2) is 0 Å². The van der Waals surface area contributed by atoms with Crippen LogP contribution in [0.5, 0.6) is 5.75 Å². The third-order valence-electron chi connectivity index (χ3n) is 4.18. The molecule has 0 aromatic heterocycles. The molecule has 1 heterocycles. The molecule has 1 aromatic rings. The fourth-order valence-electron chi connectivity index (χ4n) is 2.75. The third-order valence-corrected chi connectivity index (χ3v) is 4.18. The predicted molar refractivity (Wildman–Crippen MR) is 126 cm³/mol. The predicted octanol–water partition coefficient (Wildman–Crippen LogP) is 5.36. The first kappa shape index (κ1) is 25.0. The van der Waals surface area contributed by atoms with Gasteiger partial charge >= 0.3 is 0 Å². The molecule has 0 fully saturated rings. The maximum Gasteiger partial charge on any atom is 0.130 e. The number of nitrogens with two attached hydrogens (primary N) is 1. The lowest BCUT2D eigenvalue weighted by Crippen LogP contribution is -2.47. The number of hydrogen-bond acceptors (Lipinski definition) is 5. The monoisotopic (exact) mass is 403 g/mol. The van der Waals surface area contributed by atoms with Crippen molar-refractivity contribution >= 4 is 5.69 Å². The van der Waals surface area contributed by atoms with Gasteiger partial charge in [-0.2, -0.15) is 0 Å². The van der Waals surface area contributed by atoms with Crippen LogP contribution < -0.4 is 21.1 Å². The summed E-state index contributed by atoms with van der Waals surface area (Å²) in [7, 11) is 0. The highest BCUT2D eigenvalue weighted by atomic mass is 16.5. The largest absolute Gasteiger partial charge is 0.493 e. The Balaban J connectivity index is 0.00000272. The number of benzene rings is 1. The Labute approximate surface area is 178 Å². The van der Waals surface area contributed by atoms with E-state index in [0.29, 0.717) is 19.8 Å². The maximum atomic E-state index is 6.20. The Morgan fingerprint density at radius 2 is 2.10 bits per heavy atom. The smallest absolute Gasteiger partial charge is 0.130 e. The molecule has 2 bridgehead atoms. The van der Waals surface area contributed by atoms with Gasteiger partial charge in [-0.1, -0.05) is 57.2 Å². The van der Waals surface area contributed by atoms with Crippen LogP contribution in [0.4, 0.5) is 5.69 Å². The number of ether oxygens (including phenoxy) is 2. The number of fused-ring (bicyclic) bond motifs is 2. The molecule has 1 aliphatic rings. The molecule has 0 amide bonds. The molecule has 2 unspecified atom stereocenters. The molecule has 29 heavy (non-hydrogen) atoms. The second-order valence-electron chi connectivity index (χ2n) is 6.79. The van der Waals surface area contributed by atoms with Crippen molar-refractivity contribution in [3.8, 4) is 5.75 Å². The quantitative estimate of drug-likeness (QED) is 0.593.